The number of nitrogens with one attached hydrogen (secondary N) is 1. The molecule has 1 fully saturated rings. The van der Waals surface area contributed by atoms with Gasteiger partial charge in [0.2, 0.25) is 0 Å². The molecule has 0 bridgehead atoms. The smallest absolute Gasteiger partial charge is 0.317 e. The number of halogens is 1. The Kier molecular flexibility index (Phi) is 2.81. The predicted molar refractivity (Wildman–Crippen MR) is 40.3 cm³/mol. The summed E-state index contributed by atoms with van der Waals surface area (Å²) in [5.41, 5.74) is 0. The minimum absolute atomic E-state index is 0.0464. The normalized spacial score (nSPS) is 17.7. The lowest BCUT2D eigenvalue weighted by Crippen LogP contribution is -2.29. The molecule has 0 aromatic carbocycles. The van der Waals surface area contributed by atoms with Crippen LogP contribution in [-0.4, -0.2) is 36.4 Å². The average molecular weight is 163 g/mol. The summed E-state index contributed by atoms with van der Waals surface area (Å²) in [5, 5.41) is 2.72. The highest BCUT2D eigenvalue weighted by atomic mass is 35.5. The summed E-state index contributed by atoms with van der Waals surface area (Å²) in [7, 11) is 0. The van der Waals surface area contributed by atoms with E-state index in [1.54, 1.807) is 4.90 Å². The first-order valence-electron chi connectivity index (χ1n) is 3.43. The van der Waals surface area contributed by atoms with Crippen molar-refractivity contribution in [3.05, 3.63) is 0 Å². The molecular weight excluding hydrogens is 152 g/mol. The predicted octanol–water partition coefficient (Wildman–Crippen LogP) is 0.641. The Morgan fingerprint density at radius 1 is 1.70 bits per heavy atom. The molecule has 0 aliphatic carbocycles. The second-order valence-corrected chi connectivity index (χ2v) is 2.64. The van der Waals surface area contributed by atoms with Gasteiger partial charge in [0.1, 0.15) is 0 Å². The Balaban J connectivity index is 2.20. The number of carbonyl (C=O) groups excluding carboxylic acids is 1. The Labute approximate surface area is 65.3 Å². The molecule has 10 heavy (non-hydrogen) atoms. The molecule has 2 amide bonds. The molecule has 0 atom stereocenters. The number of hydrogen-bond acceptors (Lipinski definition) is 1. The fourth-order valence-electron chi connectivity index (χ4n) is 0.975. The third-order valence-corrected chi connectivity index (χ3v) is 1.77. The van der Waals surface area contributed by atoms with E-state index in [4.69, 9.17) is 11.6 Å². The van der Waals surface area contributed by atoms with Crippen LogP contribution in [0.15, 0.2) is 0 Å². The quantitative estimate of drug-likeness (QED) is 0.607. The molecule has 0 aromatic heterocycles. The van der Waals surface area contributed by atoms with Crippen LogP contribution in [0.1, 0.15) is 6.42 Å². The van der Waals surface area contributed by atoms with Gasteiger partial charge in [-0.15, -0.1) is 11.6 Å². The van der Waals surface area contributed by atoms with Gasteiger partial charge >= 0.3 is 6.03 Å². The number of hydrogen-bond donors (Lipinski definition) is 1. The summed E-state index contributed by atoms with van der Waals surface area (Å²) >= 11 is 5.47. The van der Waals surface area contributed by atoms with Crippen molar-refractivity contribution in [2.75, 3.05) is 25.5 Å². The zero-order chi connectivity index (χ0) is 7.40. The largest absolute Gasteiger partial charge is 0.336 e. The topological polar surface area (TPSA) is 32.3 Å². The first kappa shape index (κ1) is 7.66. The molecule has 0 unspecified atom stereocenters. The molecule has 58 valence electrons. The van der Waals surface area contributed by atoms with Crippen molar-refractivity contribution in [1.29, 1.82) is 0 Å². The summed E-state index contributed by atoms with van der Waals surface area (Å²) in [6.45, 7) is 2.40. The summed E-state index contributed by atoms with van der Waals surface area (Å²) in [6, 6.07) is 0.0464. The molecular formula is C6H11ClN2O. The molecule has 0 saturated carbocycles. The lowest BCUT2D eigenvalue weighted by Gasteiger charge is -2.11. The van der Waals surface area contributed by atoms with Gasteiger partial charge in [0.05, 0.1) is 0 Å². The maximum absolute atomic E-state index is 10.9. The summed E-state index contributed by atoms with van der Waals surface area (Å²) < 4.78 is 0. The number of alkyl halides is 1. The molecule has 1 saturated heterocycles. The van der Waals surface area contributed by atoms with E-state index in [0.29, 0.717) is 5.88 Å². The van der Waals surface area contributed by atoms with Gasteiger partial charge < -0.3 is 10.2 Å². The van der Waals surface area contributed by atoms with Crippen LogP contribution in [0.4, 0.5) is 4.79 Å². The molecule has 1 heterocycles. The van der Waals surface area contributed by atoms with Crippen molar-refractivity contribution in [2.24, 2.45) is 0 Å². The van der Waals surface area contributed by atoms with Crippen LogP contribution in [0.3, 0.4) is 0 Å². The van der Waals surface area contributed by atoms with Crippen LogP contribution in [0.5, 0.6) is 0 Å². The van der Waals surface area contributed by atoms with E-state index in [2.05, 4.69) is 5.32 Å². The Hall–Kier alpha value is -0.440. The van der Waals surface area contributed by atoms with Crippen molar-refractivity contribution in [2.45, 2.75) is 6.42 Å². The standard InChI is InChI=1S/C6H11ClN2O/c7-2-1-4-9-5-3-8-6(9)10/h1-5H2,(H,8,10). The maximum atomic E-state index is 10.9. The molecule has 0 radical (unpaired) electrons. The SMILES string of the molecule is O=C1NCCN1CCCCl. The zero-order valence-corrected chi connectivity index (χ0v) is 6.52. The lowest BCUT2D eigenvalue weighted by molar-refractivity contribution is 0.217. The number of amides is 2. The monoisotopic (exact) mass is 162 g/mol. The van der Waals surface area contributed by atoms with E-state index in [1.165, 1.54) is 0 Å². The van der Waals surface area contributed by atoms with Crippen molar-refractivity contribution < 1.29 is 4.79 Å². The molecule has 0 aromatic rings. The van der Waals surface area contributed by atoms with Crippen molar-refractivity contribution in [3.8, 4) is 0 Å². The number of urea groups is 1. The van der Waals surface area contributed by atoms with Gasteiger partial charge in [-0.3, -0.25) is 0 Å². The second-order valence-electron chi connectivity index (χ2n) is 2.26. The molecule has 4 heteroatoms. The highest BCUT2D eigenvalue weighted by Gasteiger charge is 2.17. The summed E-state index contributed by atoms with van der Waals surface area (Å²) in [5.74, 6) is 0.629. The van der Waals surface area contributed by atoms with E-state index in [-0.39, 0.29) is 6.03 Å². The third-order valence-electron chi connectivity index (χ3n) is 1.51. The lowest BCUT2D eigenvalue weighted by atomic mass is 10.4. The van der Waals surface area contributed by atoms with Crippen molar-refractivity contribution in [3.63, 3.8) is 0 Å². The summed E-state index contributed by atoms with van der Waals surface area (Å²) in [4.78, 5) is 12.6. The minimum Gasteiger partial charge on any atom is -0.336 e. The Bertz CT molecular complexity index is 129. The van der Waals surface area contributed by atoms with Gasteiger partial charge in [-0.2, -0.15) is 0 Å². The van der Waals surface area contributed by atoms with Crippen molar-refractivity contribution >= 4 is 17.6 Å². The van der Waals surface area contributed by atoms with E-state index >= 15 is 0 Å². The van der Waals surface area contributed by atoms with Gasteiger partial charge in [0, 0.05) is 25.5 Å². The van der Waals surface area contributed by atoms with Gasteiger partial charge in [0.25, 0.3) is 0 Å². The molecule has 0 spiro atoms. The Morgan fingerprint density at radius 3 is 3.00 bits per heavy atom. The molecule has 1 aliphatic rings. The number of rotatable bonds is 3. The Morgan fingerprint density at radius 2 is 2.50 bits per heavy atom. The fourth-order valence-corrected chi connectivity index (χ4v) is 1.09. The van der Waals surface area contributed by atoms with Crippen LogP contribution in [0.2, 0.25) is 0 Å². The van der Waals surface area contributed by atoms with Gasteiger partial charge in [-0.05, 0) is 6.42 Å². The van der Waals surface area contributed by atoms with Crippen molar-refractivity contribution in [1.82, 2.24) is 10.2 Å². The van der Waals surface area contributed by atoms with Crippen LogP contribution < -0.4 is 5.32 Å². The third kappa shape index (κ3) is 1.77. The van der Waals surface area contributed by atoms with Crippen LogP contribution in [0, 0.1) is 0 Å². The molecule has 1 N–H and O–H groups in total. The second kappa shape index (κ2) is 3.66. The average Bonchev–Trinajstić information content (AvgIpc) is 2.31. The molecule has 1 rings (SSSR count). The maximum Gasteiger partial charge on any atom is 0.317 e. The van der Waals surface area contributed by atoms with Gasteiger partial charge in [-0.25, -0.2) is 4.79 Å². The van der Waals surface area contributed by atoms with Crippen LogP contribution in [0.25, 0.3) is 0 Å². The fraction of sp³-hybridized carbons (Fsp3) is 0.833. The van der Waals surface area contributed by atoms with E-state index < -0.39 is 0 Å². The first-order valence-corrected chi connectivity index (χ1v) is 3.97. The summed E-state index contributed by atoms with van der Waals surface area (Å²) in [6.07, 6.45) is 0.884. The number of carbonyl (C=O) groups is 1. The van der Waals surface area contributed by atoms with E-state index in [1.807, 2.05) is 0 Å². The molecule has 3 nitrogen and oxygen atoms in total. The first-order chi connectivity index (χ1) is 4.84. The molecule has 1 aliphatic heterocycles. The van der Waals surface area contributed by atoms with Crippen LogP contribution in [-0.2, 0) is 0 Å². The van der Waals surface area contributed by atoms with Gasteiger partial charge in [-0.1, -0.05) is 0 Å². The van der Waals surface area contributed by atoms with E-state index in [0.717, 1.165) is 26.1 Å². The highest BCUT2D eigenvalue weighted by molar-refractivity contribution is 6.17. The highest BCUT2D eigenvalue weighted by Crippen LogP contribution is 1.98. The minimum atomic E-state index is 0.0464. The number of nitrogens with zero attached hydrogens (tertiary/aromatic N) is 1. The van der Waals surface area contributed by atoms with Gasteiger partial charge in [0.15, 0.2) is 0 Å². The zero-order valence-electron chi connectivity index (χ0n) is 5.77. The van der Waals surface area contributed by atoms with E-state index in [9.17, 15) is 4.79 Å². The van der Waals surface area contributed by atoms with Crippen LogP contribution >= 0.6 is 11.6 Å².